The van der Waals surface area contributed by atoms with Crippen LogP contribution in [0.15, 0.2) is 46.2 Å². The summed E-state index contributed by atoms with van der Waals surface area (Å²) in [7, 11) is 0. The maximum Gasteiger partial charge on any atom is 0.325 e. The van der Waals surface area contributed by atoms with Gasteiger partial charge in [-0.05, 0) is 41.8 Å². The summed E-state index contributed by atoms with van der Waals surface area (Å²) in [5.41, 5.74) is 0.784. The molecule has 1 aliphatic carbocycles. The van der Waals surface area contributed by atoms with Gasteiger partial charge in [-0.3, -0.25) is 14.5 Å². The molecule has 0 radical (unpaired) electrons. The van der Waals surface area contributed by atoms with Crippen LogP contribution in [0.4, 0.5) is 4.79 Å². The van der Waals surface area contributed by atoms with E-state index in [1.54, 1.807) is 4.90 Å². The summed E-state index contributed by atoms with van der Waals surface area (Å²) < 4.78 is 5.72. The quantitative estimate of drug-likeness (QED) is 0.538. The fourth-order valence-corrected chi connectivity index (χ4v) is 5.16. The smallest absolute Gasteiger partial charge is 0.325 e. The van der Waals surface area contributed by atoms with Crippen LogP contribution in [0, 0.1) is 0 Å². The van der Waals surface area contributed by atoms with Crippen molar-refractivity contribution in [3.05, 3.63) is 58.8 Å². The number of benzene rings is 1. The maximum absolute atomic E-state index is 13.3. The summed E-state index contributed by atoms with van der Waals surface area (Å²) in [6.07, 6.45) is 1.90. The van der Waals surface area contributed by atoms with Crippen LogP contribution in [-0.2, 0) is 28.1 Å². The van der Waals surface area contributed by atoms with Crippen molar-refractivity contribution in [2.24, 2.45) is 0 Å². The first-order chi connectivity index (χ1) is 16.0. The third kappa shape index (κ3) is 3.70. The van der Waals surface area contributed by atoms with Gasteiger partial charge in [-0.15, -0.1) is 21.5 Å². The van der Waals surface area contributed by atoms with Gasteiger partial charge in [0.05, 0.1) is 11.4 Å². The van der Waals surface area contributed by atoms with E-state index in [4.69, 9.17) is 4.42 Å². The van der Waals surface area contributed by atoms with Crippen LogP contribution in [0.3, 0.4) is 0 Å². The molecule has 4 amide bonds. The SMILES string of the molecule is CCCN(Cc1nnc(-c2cccs2)o1)C(=O)CN1C(=O)NC2(CCc3ccccc32)C1=O. The van der Waals surface area contributed by atoms with Gasteiger partial charge >= 0.3 is 6.03 Å². The Morgan fingerprint density at radius 1 is 1.24 bits per heavy atom. The first-order valence-corrected chi connectivity index (χ1v) is 11.8. The van der Waals surface area contributed by atoms with E-state index >= 15 is 0 Å². The number of nitrogens with zero attached hydrogens (tertiary/aromatic N) is 4. The minimum Gasteiger partial charge on any atom is -0.418 e. The molecule has 1 aliphatic heterocycles. The van der Waals surface area contributed by atoms with Crippen molar-refractivity contribution < 1.29 is 18.8 Å². The van der Waals surface area contributed by atoms with Crippen molar-refractivity contribution >= 4 is 29.2 Å². The number of rotatable bonds is 7. The third-order valence-electron chi connectivity index (χ3n) is 6.09. The molecule has 1 aromatic carbocycles. The molecule has 2 aliphatic rings. The second kappa shape index (κ2) is 8.43. The van der Waals surface area contributed by atoms with Gasteiger partial charge in [-0.25, -0.2) is 4.79 Å². The van der Waals surface area contributed by atoms with E-state index in [2.05, 4.69) is 15.5 Å². The highest BCUT2D eigenvalue weighted by molar-refractivity contribution is 7.13. The number of aromatic nitrogens is 2. The normalized spacial score (nSPS) is 19.2. The van der Waals surface area contributed by atoms with Gasteiger partial charge < -0.3 is 14.6 Å². The van der Waals surface area contributed by atoms with Gasteiger partial charge in [0.25, 0.3) is 11.8 Å². The predicted octanol–water partition coefficient (Wildman–Crippen LogP) is 2.93. The molecule has 33 heavy (non-hydrogen) atoms. The van der Waals surface area contributed by atoms with Crippen LogP contribution in [0.2, 0.25) is 0 Å². The zero-order chi connectivity index (χ0) is 23.0. The number of carbonyl (C=O) groups excluding carboxylic acids is 3. The molecular weight excluding hydrogens is 442 g/mol. The highest BCUT2D eigenvalue weighted by Crippen LogP contribution is 2.41. The molecule has 5 rings (SSSR count). The highest BCUT2D eigenvalue weighted by Gasteiger charge is 2.55. The van der Waals surface area contributed by atoms with Crippen molar-refractivity contribution in [1.82, 2.24) is 25.3 Å². The van der Waals surface area contributed by atoms with Crippen LogP contribution < -0.4 is 5.32 Å². The molecule has 1 spiro atoms. The van der Waals surface area contributed by atoms with E-state index < -0.39 is 11.6 Å². The summed E-state index contributed by atoms with van der Waals surface area (Å²) >= 11 is 1.49. The fourth-order valence-electron chi connectivity index (χ4n) is 4.51. The van der Waals surface area contributed by atoms with E-state index in [-0.39, 0.29) is 24.9 Å². The molecule has 0 saturated carbocycles. The lowest BCUT2D eigenvalue weighted by Gasteiger charge is -2.24. The molecule has 10 heteroatoms. The third-order valence-corrected chi connectivity index (χ3v) is 6.94. The molecule has 9 nitrogen and oxygen atoms in total. The first kappa shape index (κ1) is 21.3. The van der Waals surface area contributed by atoms with E-state index in [9.17, 15) is 14.4 Å². The molecule has 1 N–H and O–H groups in total. The first-order valence-electron chi connectivity index (χ1n) is 10.9. The largest absolute Gasteiger partial charge is 0.418 e. The molecule has 170 valence electrons. The number of nitrogens with one attached hydrogen (secondary N) is 1. The van der Waals surface area contributed by atoms with E-state index in [1.165, 1.54) is 11.3 Å². The topological polar surface area (TPSA) is 109 Å². The number of hydrogen-bond donors (Lipinski definition) is 1. The van der Waals surface area contributed by atoms with E-state index in [1.807, 2.05) is 48.7 Å². The fraction of sp³-hybridized carbons (Fsp3) is 0.348. The predicted molar refractivity (Wildman–Crippen MR) is 120 cm³/mol. The lowest BCUT2D eigenvalue weighted by Crippen LogP contribution is -2.45. The van der Waals surface area contributed by atoms with E-state index in [0.717, 1.165) is 20.9 Å². The Balaban J connectivity index is 1.31. The zero-order valence-electron chi connectivity index (χ0n) is 18.1. The van der Waals surface area contributed by atoms with Crippen molar-refractivity contribution in [3.63, 3.8) is 0 Å². The maximum atomic E-state index is 13.3. The molecule has 1 unspecified atom stereocenters. The van der Waals surface area contributed by atoms with Crippen molar-refractivity contribution in [1.29, 1.82) is 0 Å². The van der Waals surface area contributed by atoms with Crippen LogP contribution in [0.1, 0.15) is 36.8 Å². The minimum atomic E-state index is -1.08. The molecule has 2 aromatic heterocycles. The Labute approximate surface area is 194 Å². The Bertz CT molecular complexity index is 1210. The lowest BCUT2D eigenvalue weighted by atomic mass is 9.92. The summed E-state index contributed by atoms with van der Waals surface area (Å²) in [6.45, 7) is 2.17. The number of hydrogen-bond acceptors (Lipinski definition) is 7. The number of urea groups is 1. The number of thiophene rings is 1. The summed E-state index contributed by atoms with van der Waals surface area (Å²) in [5, 5.41) is 12.9. The van der Waals surface area contributed by atoms with Crippen molar-refractivity contribution in [2.75, 3.05) is 13.1 Å². The average Bonchev–Trinajstić information content (AvgIpc) is 3.59. The van der Waals surface area contributed by atoms with Gasteiger partial charge in [0, 0.05) is 6.54 Å². The number of aryl methyl sites for hydroxylation is 1. The summed E-state index contributed by atoms with van der Waals surface area (Å²) in [4.78, 5) is 42.6. The molecular formula is C23H23N5O4S. The number of fused-ring (bicyclic) bond motifs is 2. The monoisotopic (exact) mass is 465 g/mol. The average molecular weight is 466 g/mol. The Morgan fingerprint density at radius 2 is 2.09 bits per heavy atom. The van der Waals surface area contributed by atoms with E-state index in [0.29, 0.717) is 37.6 Å². The molecule has 1 fully saturated rings. The Morgan fingerprint density at radius 3 is 2.88 bits per heavy atom. The Hall–Kier alpha value is -3.53. The zero-order valence-corrected chi connectivity index (χ0v) is 18.9. The van der Waals surface area contributed by atoms with Crippen molar-refractivity contribution in [2.45, 2.75) is 38.3 Å². The van der Waals surface area contributed by atoms with Gasteiger partial charge in [0.15, 0.2) is 0 Å². The van der Waals surface area contributed by atoms with Gasteiger partial charge in [0.1, 0.15) is 12.1 Å². The number of carbonyl (C=O) groups is 3. The molecule has 3 heterocycles. The van der Waals surface area contributed by atoms with Crippen LogP contribution >= 0.6 is 11.3 Å². The van der Waals surface area contributed by atoms with Crippen molar-refractivity contribution in [3.8, 4) is 10.8 Å². The lowest BCUT2D eigenvalue weighted by molar-refractivity contribution is -0.139. The molecule has 1 atom stereocenters. The second-order valence-electron chi connectivity index (χ2n) is 8.18. The van der Waals surface area contributed by atoms with Gasteiger partial charge in [-0.2, -0.15) is 0 Å². The van der Waals surface area contributed by atoms with Gasteiger partial charge in [-0.1, -0.05) is 37.3 Å². The molecule has 1 saturated heterocycles. The molecule has 3 aromatic rings. The summed E-state index contributed by atoms with van der Waals surface area (Å²) in [5.74, 6) is -0.0157. The second-order valence-corrected chi connectivity index (χ2v) is 9.13. The minimum absolute atomic E-state index is 0.114. The van der Waals surface area contributed by atoms with Crippen LogP contribution in [0.25, 0.3) is 10.8 Å². The molecule has 0 bridgehead atoms. The van der Waals surface area contributed by atoms with Crippen LogP contribution in [-0.4, -0.2) is 50.9 Å². The highest BCUT2D eigenvalue weighted by atomic mass is 32.1. The van der Waals surface area contributed by atoms with Crippen LogP contribution in [0.5, 0.6) is 0 Å². The summed E-state index contributed by atoms with van der Waals surface area (Å²) in [6, 6.07) is 10.8. The van der Waals surface area contributed by atoms with Gasteiger partial charge in [0.2, 0.25) is 11.8 Å². The standard InChI is InChI=1S/C23H23N5O4S/c1-2-11-27(13-18-25-26-20(32-18)17-8-5-12-33-17)19(29)14-28-21(30)23(24-22(28)31)10-9-15-6-3-4-7-16(15)23/h3-8,12H,2,9-11,13-14H2,1H3,(H,24,31). The number of amides is 4. The Kier molecular flexibility index (Phi) is 5.45. The number of imide groups is 1.